The Morgan fingerprint density at radius 3 is 2.29 bits per heavy atom. The molecule has 0 aromatic heterocycles. The van der Waals surface area contributed by atoms with Crippen LogP contribution in [0.1, 0.15) is 18.1 Å². The molecule has 2 aromatic rings. The van der Waals surface area contributed by atoms with Crippen molar-refractivity contribution in [3.8, 4) is 23.0 Å². The van der Waals surface area contributed by atoms with E-state index in [0.717, 1.165) is 6.08 Å². The number of benzene rings is 2. The third-order valence-electron chi connectivity index (χ3n) is 7.47. The third kappa shape index (κ3) is 8.21. The molecule has 4 rings (SSSR count). The Morgan fingerprint density at radius 2 is 1.60 bits per heavy atom. The maximum atomic E-state index is 12.9. The van der Waals surface area contributed by atoms with Gasteiger partial charge in [0, 0.05) is 6.08 Å². The first-order chi connectivity index (χ1) is 21.4. The van der Waals surface area contributed by atoms with Crippen LogP contribution in [-0.4, -0.2) is 129 Å². The number of methoxy groups -OCH3 is 1. The summed E-state index contributed by atoms with van der Waals surface area (Å²) < 4.78 is 33.4. The lowest BCUT2D eigenvalue weighted by Crippen LogP contribution is -2.65. The summed E-state index contributed by atoms with van der Waals surface area (Å²) in [5, 5.41) is 81.4. The summed E-state index contributed by atoms with van der Waals surface area (Å²) in [5.41, 5.74) is 1.07. The lowest BCUT2D eigenvalue weighted by atomic mass is 9.97. The highest BCUT2D eigenvalue weighted by atomic mass is 16.7. The van der Waals surface area contributed by atoms with Crippen LogP contribution in [0.15, 0.2) is 42.5 Å². The second-order valence-corrected chi connectivity index (χ2v) is 10.6. The molecule has 0 unspecified atom stereocenters. The molecule has 2 saturated heterocycles. The lowest BCUT2D eigenvalue weighted by Gasteiger charge is -2.46. The van der Waals surface area contributed by atoms with Gasteiger partial charge in [-0.15, -0.1) is 0 Å². The van der Waals surface area contributed by atoms with Crippen LogP contribution in [0, 0.1) is 0 Å². The number of aliphatic hydroxyl groups excluding tert-OH is 5. The Kier molecular flexibility index (Phi) is 11.6. The average molecular weight is 639 g/mol. The summed E-state index contributed by atoms with van der Waals surface area (Å²) >= 11 is 0. The minimum atomic E-state index is -1.76. The van der Waals surface area contributed by atoms with Gasteiger partial charge in [0.15, 0.2) is 41.7 Å². The topological polar surface area (TPSA) is 234 Å². The van der Waals surface area contributed by atoms with E-state index >= 15 is 0 Å². The molecule has 0 radical (unpaired) electrons. The van der Waals surface area contributed by atoms with Gasteiger partial charge in [-0.3, -0.25) is 0 Å². The first-order valence-corrected chi connectivity index (χ1v) is 14.1. The van der Waals surface area contributed by atoms with Gasteiger partial charge >= 0.3 is 5.97 Å². The normalized spacial score (nSPS) is 32.0. The summed E-state index contributed by atoms with van der Waals surface area (Å²) in [7, 11) is 1.36. The molecule has 15 heteroatoms. The Hall–Kier alpha value is -3.51. The van der Waals surface area contributed by atoms with Crippen molar-refractivity contribution < 1.29 is 74.1 Å². The standard InChI is InChI=1S/C30H38O15/c1-14-23(36)24(37)25(38)30(42-14)45-28-26(39)29(41-10-9-16-3-6-17(32)19(34)11-16)43-21(13-31)27(28)44-22(35)8-5-15-4-7-18(33)20(12-15)40-2/h3-8,11-12,14,21,23-34,36-39H,9-10,13H2,1-2H3/b8-5+/t14-,21-,23-,24+,25+,26-,27-,28-,29-,30-/m1/s1. The Bertz CT molecular complexity index is 1320. The molecular formula is C30H38O15. The smallest absolute Gasteiger partial charge is 0.331 e. The largest absolute Gasteiger partial charge is 0.504 e. The van der Waals surface area contributed by atoms with Crippen molar-refractivity contribution in [3.63, 3.8) is 0 Å². The third-order valence-corrected chi connectivity index (χ3v) is 7.47. The van der Waals surface area contributed by atoms with E-state index in [-0.39, 0.29) is 36.0 Å². The minimum absolute atomic E-state index is 0.0649. The van der Waals surface area contributed by atoms with Crippen molar-refractivity contribution in [2.24, 2.45) is 0 Å². The van der Waals surface area contributed by atoms with Crippen LogP contribution in [0.2, 0.25) is 0 Å². The lowest BCUT2D eigenvalue weighted by molar-refractivity contribution is -0.357. The zero-order valence-electron chi connectivity index (χ0n) is 24.4. The molecule has 248 valence electrons. The maximum absolute atomic E-state index is 12.9. The number of hydrogen-bond donors (Lipinski definition) is 8. The van der Waals surface area contributed by atoms with E-state index < -0.39 is 74.0 Å². The Labute approximate surface area is 258 Å². The highest BCUT2D eigenvalue weighted by Crippen LogP contribution is 2.32. The number of rotatable bonds is 11. The fraction of sp³-hybridized carbons (Fsp3) is 0.500. The molecule has 2 aliphatic rings. The number of phenolic OH excluding ortho intramolecular Hbond substituents is 3. The molecule has 0 saturated carbocycles. The first kappa shape index (κ1) is 34.4. The molecule has 2 fully saturated rings. The molecule has 0 aliphatic carbocycles. The quantitative estimate of drug-likeness (QED) is 0.0862. The van der Waals surface area contributed by atoms with Gasteiger partial charge < -0.3 is 69.3 Å². The van der Waals surface area contributed by atoms with Gasteiger partial charge in [-0.2, -0.15) is 0 Å². The van der Waals surface area contributed by atoms with Crippen LogP contribution in [0.5, 0.6) is 23.0 Å². The number of aliphatic hydroxyl groups is 5. The predicted octanol–water partition coefficient (Wildman–Crippen LogP) is -0.713. The molecule has 10 atom stereocenters. The van der Waals surface area contributed by atoms with Crippen molar-refractivity contribution >= 4 is 12.0 Å². The molecule has 2 aromatic carbocycles. The monoisotopic (exact) mass is 638 g/mol. The van der Waals surface area contributed by atoms with Gasteiger partial charge in [-0.25, -0.2) is 4.79 Å². The Balaban J connectivity index is 1.52. The molecule has 0 bridgehead atoms. The summed E-state index contributed by atoms with van der Waals surface area (Å²) in [6, 6.07) is 8.54. The van der Waals surface area contributed by atoms with Crippen LogP contribution in [0.25, 0.3) is 6.08 Å². The summed E-state index contributed by atoms with van der Waals surface area (Å²) in [4.78, 5) is 12.9. The summed E-state index contributed by atoms with van der Waals surface area (Å²) in [6.07, 6.45) is -12.3. The maximum Gasteiger partial charge on any atom is 0.331 e. The second kappa shape index (κ2) is 15.2. The zero-order valence-corrected chi connectivity index (χ0v) is 24.4. The molecule has 0 amide bonds. The zero-order chi connectivity index (χ0) is 32.8. The van der Waals surface area contributed by atoms with Gasteiger partial charge in [0.2, 0.25) is 0 Å². The van der Waals surface area contributed by atoms with Gasteiger partial charge in [0.25, 0.3) is 0 Å². The molecular weight excluding hydrogens is 600 g/mol. The number of hydrogen-bond acceptors (Lipinski definition) is 15. The van der Waals surface area contributed by atoms with Crippen LogP contribution in [0.3, 0.4) is 0 Å². The Morgan fingerprint density at radius 1 is 0.867 bits per heavy atom. The van der Waals surface area contributed by atoms with E-state index in [2.05, 4.69) is 0 Å². The van der Waals surface area contributed by atoms with Crippen molar-refractivity contribution in [2.75, 3.05) is 20.3 Å². The fourth-order valence-electron chi connectivity index (χ4n) is 4.91. The SMILES string of the molecule is COc1cc(/C=C/C(=O)O[C@H]2[C@H](O[C@H]3O[C@H](C)[C@@H](O)[C@H](O)[C@@H]3O)[C@@H](O)[C@H](OCCc3ccc(O)c(O)c3)O[C@@H]2CO)ccc1O. The van der Waals surface area contributed by atoms with E-state index in [9.17, 15) is 45.6 Å². The van der Waals surface area contributed by atoms with Gasteiger partial charge in [-0.1, -0.05) is 12.1 Å². The number of phenols is 3. The van der Waals surface area contributed by atoms with E-state index in [0.29, 0.717) is 11.1 Å². The van der Waals surface area contributed by atoms with E-state index in [1.54, 1.807) is 6.07 Å². The molecule has 15 nitrogen and oxygen atoms in total. The van der Waals surface area contributed by atoms with Crippen LogP contribution < -0.4 is 4.74 Å². The molecule has 0 spiro atoms. The van der Waals surface area contributed by atoms with Crippen molar-refractivity contribution in [2.45, 2.75) is 74.8 Å². The highest BCUT2D eigenvalue weighted by Gasteiger charge is 2.52. The highest BCUT2D eigenvalue weighted by molar-refractivity contribution is 5.87. The van der Waals surface area contributed by atoms with Gasteiger partial charge in [0.05, 0.1) is 26.4 Å². The predicted molar refractivity (Wildman–Crippen MR) is 152 cm³/mol. The molecule has 2 aliphatic heterocycles. The summed E-state index contributed by atoms with van der Waals surface area (Å²) in [6.45, 7) is 0.645. The van der Waals surface area contributed by atoms with Gasteiger partial charge in [-0.05, 0) is 54.8 Å². The number of carbonyl (C=O) groups is 1. The second-order valence-electron chi connectivity index (χ2n) is 10.6. The first-order valence-electron chi connectivity index (χ1n) is 14.1. The number of esters is 1. The van der Waals surface area contributed by atoms with E-state index in [1.165, 1.54) is 50.4 Å². The average Bonchev–Trinajstić information content (AvgIpc) is 3.02. The number of aromatic hydroxyl groups is 3. The fourth-order valence-corrected chi connectivity index (χ4v) is 4.91. The minimum Gasteiger partial charge on any atom is -0.504 e. The molecule has 2 heterocycles. The van der Waals surface area contributed by atoms with Crippen molar-refractivity contribution in [1.29, 1.82) is 0 Å². The van der Waals surface area contributed by atoms with Crippen LogP contribution in [0.4, 0.5) is 0 Å². The molecule has 8 N–H and O–H groups in total. The van der Waals surface area contributed by atoms with Gasteiger partial charge in [0.1, 0.15) is 36.6 Å². The van der Waals surface area contributed by atoms with Crippen molar-refractivity contribution in [3.05, 3.63) is 53.6 Å². The van der Waals surface area contributed by atoms with Crippen molar-refractivity contribution in [1.82, 2.24) is 0 Å². The number of carbonyl (C=O) groups excluding carboxylic acids is 1. The summed E-state index contributed by atoms with van der Waals surface area (Å²) in [5.74, 6) is -1.49. The van der Waals surface area contributed by atoms with Crippen LogP contribution >= 0.6 is 0 Å². The van der Waals surface area contributed by atoms with E-state index in [1.807, 2.05) is 0 Å². The van der Waals surface area contributed by atoms with E-state index in [4.69, 9.17) is 28.4 Å². The molecule has 45 heavy (non-hydrogen) atoms. The van der Waals surface area contributed by atoms with Crippen LogP contribution in [-0.2, 0) is 34.9 Å². The number of ether oxygens (including phenoxy) is 6.